The van der Waals surface area contributed by atoms with Gasteiger partial charge in [0.1, 0.15) is 18.0 Å². The lowest BCUT2D eigenvalue weighted by atomic mass is 9.79. The molecule has 1 aliphatic carbocycles. The molecule has 0 bridgehead atoms. The van der Waals surface area contributed by atoms with Crippen LogP contribution in [-0.4, -0.2) is 64.1 Å². The number of carbonyl (C=O) groups excluding carboxylic acids is 2. The fourth-order valence-corrected chi connectivity index (χ4v) is 5.20. The molecular formula is C23H29N3O11S2. The Morgan fingerprint density at radius 2 is 1.69 bits per heavy atom. The van der Waals surface area contributed by atoms with Crippen molar-refractivity contribution in [3.63, 3.8) is 0 Å². The van der Waals surface area contributed by atoms with Crippen molar-refractivity contribution in [3.05, 3.63) is 57.8 Å². The third-order valence-electron chi connectivity index (χ3n) is 5.68. The Bertz CT molecular complexity index is 1460. The van der Waals surface area contributed by atoms with Crippen LogP contribution in [0.1, 0.15) is 54.5 Å². The molecule has 1 amide bonds. The molecule has 1 fully saturated rings. The van der Waals surface area contributed by atoms with Gasteiger partial charge in [-0.2, -0.15) is 16.8 Å². The molecule has 1 aromatic heterocycles. The van der Waals surface area contributed by atoms with Crippen molar-refractivity contribution < 1.29 is 44.3 Å². The average Bonchev–Trinajstić information content (AvgIpc) is 2.84. The number of amides is 1. The van der Waals surface area contributed by atoms with Crippen molar-refractivity contribution in [2.24, 2.45) is 0 Å². The molecule has 14 nitrogen and oxygen atoms in total. The second-order valence-corrected chi connectivity index (χ2v) is 12.0. The highest BCUT2D eigenvalue weighted by Gasteiger charge is 2.43. The second kappa shape index (κ2) is 12.1. The number of nitrogens with zero attached hydrogens (tertiary/aromatic N) is 1. The van der Waals surface area contributed by atoms with Crippen LogP contribution in [-0.2, 0) is 46.0 Å². The number of rotatable bonds is 10. The monoisotopic (exact) mass is 587 g/mol. The molecule has 0 aliphatic heterocycles. The van der Waals surface area contributed by atoms with E-state index in [0.29, 0.717) is 11.8 Å². The van der Waals surface area contributed by atoms with Gasteiger partial charge < -0.3 is 24.0 Å². The summed E-state index contributed by atoms with van der Waals surface area (Å²) in [5.41, 5.74) is -2.56. The van der Waals surface area contributed by atoms with Gasteiger partial charge in [0.05, 0.1) is 25.2 Å². The number of nitrogens with one attached hydrogen (secondary N) is 2. The van der Waals surface area contributed by atoms with Crippen molar-refractivity contribution in [1.82, 2.24) is 15.3 Å². The molecule has 0 radical (unpaired) electrons. The van der Waals surface area contributed by atoms with Crippen molar-refractivity contribution in [3.8, 4) is 5.75 Å². The van der Waals surface area contributed by atoms with Gasteiger partial charge in [-0.3, -0.25) is 8.98 Å². The molecule has 1 saturated carbocycles. The van der Waals surface area contributed by atoms with Crippen molar-refractivity contribution in [2.75, 3.05) is 19.1 Å². The Hall–Kier alpha value is -3.50. The molecule has 39 heavy (non-hydrogen) atoms. The average molecular weight is 588 g/mol. The number of aromatic amines is 1. The van der Waals surface area contributed by atoms with Crippen LogP contribution in [0.3, 0.4) is 0 Å². The normalized spacial score (nSPS) is 19.6. The van der Waals surface area contributed by atoms with E-state index in [1.165, 1.54) is 6.92 Å². The van der Waals surface area contributed by atoms with E-state index in [4.69, 9.17) is 17.8 Å². The van der Waals surface area contributed by atoms with Crippen LogP contribution in [0.4, 0.5) is 4.79 Å². The summed E-state index contributed by atoms with van der Waals surface area (Å²) in [5, 5.41) is 2.69. The van der Waals surface area contributed by atoms with Crippen LogP contribution in [0.2, 0.25) is 0 Å². The van der Waals surface area contributed by atoms with Gasteiger partial charge in [0.2, 0.25) is 5.75 Å². The molecule has 0 saturated heterocycles. The summed E-state index contributed by atoms with van der Waals surface area (Å²) in [7, 11) is -7.99. The molecule has 0 spiro atoms. The van der Waals surface area contributed by atoms with Crippen LogP contribution < -0.4 is 15.1 Å². The summed E-state index contributed by atoms with van der Waals surface area (Å²) in [6.07, 6.45) is 0.287. The van der Waals surface area contributed by atoms with Crippen molar-refractivity contribution in [2.45, 2.75) is 50.9 Å². The molecule has 1 heterocycles. The van der Waals surface area contributed by atoms with E-state index >= 15 is 0 Å². The molecule has 2 N–H and O–H groups in total. The van der Waals surface area contributed by atoms with E-state index in [-0.39, 0.29) is 44.7 Å². The van der Waals surface area contributed by atoms with Gasteiger partial charge in [0, 0.05) is 0 Å². The summed E-state index contributed by atoms with van der Waals surface area (Å²) < 4.78 is 66.7. The number of ether oxygens (including phenoxy) is 2. The minimum Gasteiger partial charge on any atom is -0.461 e. The third kappa shape index (κ3) is 8.49. The quantitative estimate of drug-likeness (QED) is 0.299. The Kier molecular flexibility index (Phi) is 9.34. The Morgan fingerprint density at radius 3 is 2.26 bits per heavy atom. The van der Waals surface area contributed by atoms with Crippen LogP contribution in [0, 0.1) is 0 Å². The lowest BCUT2D eigenvalue weighted by Crippen LogP contribution is -2.51. The van der Waals surface area contributed by atoms with Gasteiger partial charge in [0.15, 0.2) is 5.69 Å². The first kappa shape index (κ1) is 30.0. The first-order valence-corrected chi connectivity index (χ1v) is 15.4. The van der Waals surface area contributed by atoms with E-state index in [1.54, 1.807) is 30.3 Å². The zero-order valence-corrected chi connectivity index (χ0v) is 23.1. The largest absolute Gasteiger partial charge is 0.461 e. The van der Waals surface area contributed by atoms with Crippen LogP contribution in [0.15, 0.2) is 35.1 Å². The number of aromatic nitrogens is 2. The number of alkyl carbamates (subject to hydrolysis) is 1. The van der Waals surface area contributed by atoms with E-state index in [2.05, 4.69) is 15.3 Å². The lowest BCUT2D eigenvalue weighted by Gasteiger charge is -2.39. The highest BCUT2D eigenvalue weighted by molar-refractivity contribution is 7.86. The highest BCUT2D eigenvalue weighted by Crippen LogP contribution is 2.37. The highest BCUT2D eigenvalue weighted by atomic mass is 32.2. The summed E-state index contributed by atoms with van der Waals surface area (Å²) in [6, 6.07) is 8.85. The number of hydrogen-bond acceptors (Lipinski definition) is 12. The van der Waals surface area contributed by atoms with Gasteiger partial charge in [-0.25, -0.2) is 14.6 Å². The van der Waals surface area contributed by atoms with Gasteiger partial charge in [-0.1, -0.05) is 30.3 Å². The summed E-state index contributed by atoms with van der Waals surface area (Å²) >= 11 is 0. The maximum Gasteiger partial charge on any atom is 0.408 e. The zero-order valence-electron chi connectivity index (χ0n) is 21.5. The SMILES string of the molecule is CCOC(=O)c1nc(C2(NC(=O)OCc3ccccc3)CCC(OS(C)(=O)=O)CC2)[nH]c(=O)c1OS(C)(=O)=O. The van der Waals surface area contributed by atoms with Gasteiger partial charge in [-0.15, -0.1) is 0 Å². The topological polar surface area (TPSA) is 197 Å². The van der Waals surface area contributed by atoms with Gasteiger partial charge >= 0.3 is 22.2 Å². The van der Waals surface area contributed by atoms with E-state index < -0.39 is 60.9 Å². The number of benzene rings is 1. The predicted molar refractivity (Wildman–Crippen MR) is 136 cm³/mol. The lowest BCUT2D eigenvalue weighted by molar-refractivity contribution is 0.0513. The van der Waals surface area contributed by atoms with Crippen molar-refractivity contribution in [1.29, 1.82) is 0 Å². The maximum absolute atomic E-state index is 12.9. The standard InChI is InChI=1S/C23H29N3O11S2/c1-4-34-20(28)17-18(37-39(3,32)33)19(27)25-21(24-17)23(12-10-16(11-13-23)36-38(2,30)31)26-22(29)35-14-15-8-6-5-7-9-15/h5-9,16H,4,10-14H2,1-3H3,(H,26,29)(H,24,25,27). The first-order chi connectivity index (χ1) is 18.2. The van der Waals surface area contributed by atoms with Crippen molar-refractivity contribution >= 4 is 32.3 Å². The van der Waals surface area contributed by atoms with Gasteiger partial charge in [0.25, 0.3) is 15.7 Å². The molecule has 214 valence electrons. The van der Waals surface area contributed by atoms with E-state index in [0.717, 1.165) is 6.26 Å². The summed E-state index contributed by atoms with van der Waals surface area (Å²) in [4.78, 5) is 45.0. The third-order valence-corrected chi connectivity index (χ3v) is 6.78. The smallest absolute Gasteiger partial charge is 0.408 e. The number of H-pyrrole nitrogens is 1. The second-order valence-electron chi connectivity index (χ2n) is 8.87. The molecule has 16 heteroatoms. The number of carbonyl (C=O) groups is 2. The minimum atomic E-state index is -4.23. The van der Waals surface area contributed by atoms with Crippen LogP contribution >= 0.6 is 0 Å². The van der Waals surface area contributed by atoms with Gasteiger partial charge in [-0.05, 0) is 38.2 Å². The van der Waals surface area contributed by atoms with E-state index in [9.17, 15) is 31.2 Å². The predicted octanol–water partition coefficient (Wildman–Crippen LogP) is 1.33. The molecular weight excluding hydrogens is 558 g/mol. The zero-order chi connectivity index (χ0) is 28.8. The molecule has 2 aromatic rings. The molecule has 0 unspecified atom stereocenters. The van der Waals surface area contributed by atoms with Crippen LogP contribution in [0.5, 0.6) is 5.75 Å². The fourth-order valence-electron chi connectivity index (χ4n) is 4.06. The number of hydrogen-bond donors (Lipinski definition) is 2. The molecule has 3 rings (SSSR count). The maximum atomic E-state index is 12.9. The minimum absolute atomic E-state index is 0.0190. The Morgan fingerprint density at radius 1 is 1.05 bits per heavy atom. The molecule has 1 aliphatic rings. The van der Waals surface area contributed by atoms with E-state index in [1.807, 2.05) is 0 Å². The first-order valence-electron chi connectivity index (χ1n) is 11.8. The number of esters is 1. The molecule has 0 atom stereocenters. The summed E-state index contributed by atoms with van der Waals surface area (Å²) in [5.74, 6) is -2.22. The Labute approximate surface area is 225 Å². The molecule has 1 aromatic carbocycles. The summed E-state index contributed by atoms with van der Waals surface area (Å²) in [6.45, 7) is 1.32. The van der Waals surface area contributed by atoms with Crippen LogP contribution in [0.25, 0.3) is 0 Å². The fraction of sp³-hybridized carbons (Fsp3) is 0.478. The Balaban J connectivity index is 2.01.